The summed E-state index contributed by atoms with van der Waals surface area (Å²) in [5.74, 6) is -4.08. The fourth-order valence-corrected chi connectivity index (χ4v) is 2.58. The third kappa shape index (κ3) is 5.78. The van der Waals surface area contributed by atoms with Gasteiger partial charge in [-0.05, 0) is 18.1 Å². The van der Waals surface area contributed by atoms with Crippen molar-refractivity contribution in [1.29, 1.82) is 0 Å². The molecule has 2 atom stereocenters. The molecule has 12 heteroatoms. The topological polar surface area (TPSA) is 154 Å². The number of aromatic nitrogens is 1. The molecule has 1 aromatic heterocycles. The fraction of sp³-hybridized carbons (Fsp3) is 0.294. The van der Waals surface area contributed by atoms with Gasteiger partial charge in [0.25, 0.3) is 0 Å². The second kappa shape index (κ2) is 8.73. The molecule has 0 aliphatic carbocycles. The normalized spacial score (nSPS) is 17.3. The van der Waals surface area contributed by atoms with Crippen LogP contribution in [0.3, 0.4) is 0 Å². The summed E-state index contributed by atoms with van der Waals surface area (Å²) in [6.45, 7) is 0. The van der Waals surface area contributed by atoms with Gasteiger partial charge in [0.05, 0.1) is 12.5 Å². The number of carboxylic acids is 1. The zero-order chi connectivity index (χ0) is 21.8. The van der Waals surface area contributed by atoms with Gasteiger partial charge in [0.15, 0.2) is 0 Å². The smallest absolute Gasteiger partial charge is 0.475 e. The van der Waals surface area contributed by atoms with Gasteiger partial charge in [-0.2, -0.15) is 13.2 Å². The number of aliphatic carboxylic acids is 1. The number of carboxylic acid groups (broad SMARTS) is 1. The molecule has 0 spiro atoms. The Labute approximate surface area is 161 Å². The molecule has 3 amide bonds. The van der Waals surface area contributed by atoms with E-state index in [1.165, 1.54) is 0 Å². The molecular weight excluding hydrogens is 397 g/mol. The molecule has 0 radical (unpaired) electrons. The zero-order valence-electron chi connectivity index (χ0n) is 14.7. The first-order chi connectivity index (χ1) is 13.5. The van der Waals surface area contributed by atoms with Crippen molar-refractivity contribution < 1.29 is 37.5 Å². The maximum Gasteiger partial charge on any atom is 0.490 e. The second-order valence-corrected chi connectivity index (χ2v) is 6.15. The van der Waals surface area contributed by atoms with Crippen LogP contribution in [0.1, 0.15) is 12.0 Å². The van der Waals surface area contributed by atoms with E-state index in [9.17, 15) is 27.6 Å². The predicted molar refractivity (Wildman–Crippen MR) is 93.4 cm³/mol. The van der Waals surface area contributed by atoms with Gasteiger partial charge in [-0.15, -0.1) is 0 Å². The van der Waals surface area contributed by atoms with Crippen LogP contribution in [0, 0.1) is 0 Å². The maximum absolute atomic E-state index is 12.1. The van der Waals surface area contributed by atoms with Crippen molar-refractivity contribution >= 4 is 34.6 Å². The average molecular weight is 414 g/mol. The fourth-order valence-electron chi connectivity index (χ4n) is 2.58. The Hall–Kier alpha value is -3.41. The van der Waals surface area contributed by atoms with Crippen LogP contribution in [0.5, 0.6) is 0 Å². The number of imide groups is 1. The van der Waals surface area contributed by atoms with E-state index in [4.69, 9.17) is 15.6 Å². The number of H-pyrrole nitrogens is 1. The molecule has 1 aromatic carbocycles. The Morgan fingerprint density at radius 3 is 2.45 bits per heavy atom. The van der Waals surface area contributed by atoms with Gasteiger partial charge in [0, 0.05) is 17.1 Å². The standard InChI is InChI=1S/C15H16N4O3.C2HF3O2/c16-10(14(21)18-12-6-13(20)19-15(12)22)5-8-7-17-11-4-2-1-3-9(8)11;3-2(4,5)1(6)7/h1-4,7,10,12,17H,5-6,16H2,(H,18,21)(H,19,20,22);(H,6,7)/t10-,12?;/m1./s1. The number of carbonyl (C=O) groups is 4. The minimum Gasteiger partial charge on any atom is -0.475 e. The number of fused-ring (bicyclic) bond motifs is 1. The highest BCUT2D eigenvalue weighted by atomic mass is 19.4. The van der Waals surface area contributed by atoms with Crippen LogP contribution >= 0.6 is 0 Å². The number of amides is 3. The number of alkyl halides is 3. The molecule has 6 N–H and O–H groups in total. The third-order valence-electron chi connectivity index (χ3n) is 3.98. The summed E-state index contributed by atoms with van der Waals surface area (Å²) in [7, 11) is 0. The van der Waals surface area contributed by atoms with E-state index in [1.807, 2.05) is 30.5 Å². The number of aromatic amines is 1. The lowest BCUT2D eigenvalue weighted by atomic mass is 10.0. The largest absolute Gasteiger partial charge is 0.490 e. The van der Waals surface area contributed by atoms with Gasteiger partial charge in [0.2, 0.25) is 17.7 Å². The lowest BCUT2D eigenvalue weighted by molar-refractivity contribution is -0.192. The first-order valence-corrected chi connectivity index (χ1v) is 8.23. The molecular formula is C17H17F3N4O5. The Kier molecular flexibility index (Phi) is 6.59. The van der Waals surface area contributed by atoms with E-state index < -0.39 is 36.0 Å². The molecule has 0 bridgehead atoms. The van der Waals surface area contributed by atoms with Crippen molar-refractivity contribution in [3.63, 3.8) is 0 Å². The lowest BCUT2D eigenvalue weighted by Crippen LogP contribution is -2.48. The molecule has 0 saturated carbocycles. The van der Waals surface area contributed by atoms with E-state index >= 15 is 0 Å². The van der Waals surface area contributed by atoms with Crippen LogP contribution in [-0.2, 0) is 25.6 Å². The SMILES string of the molecule is N[C@H](Cc1c[nH]c2ccccc12)C(=O)NC1CC(=O)NC1=O.O=C(O)C(F)(F)F. The summed E-state index contributed by atoms with van der Waals surface area (Å²) in [5, 5.41) is 12.8. The highest BCUT2D eigenvalue weighted by molar-refractivity contribution is 6.07. The van der Waals surface area contributed by atoms with Crippen molar-refractivity contribution in [3.8, 4) is 0 Å². The molecule has 29 heavy (non-hydrogen) atoms. The van der Waals surface area contributed by atoms with Crippen LogP contribution in [0.15, 0.2) is 30.5 Å². The summed E-state index contributed by atoms with van der Waals surface area (Å²) in [6.07, 6.45) is -2.95. The summed E-state index contributed by atoms with van der Waals surface area (Å²) < 4.78 is 31.7. The second-order valence-electron chi connectivity index (χ2n) is 6.15. The van der Waals surface area contributed by atoms with Crippen LogP contribution in [0.4, 0.5) is 13.2 Å². The van der Waals surface area contributed by atoms with Gasteiger partial charge in [-0.1, -0.05) is 18.2 Å². The van der Waals surface area contributed by atoms with E-state index in [0.29, 0.717) is 6.42 Å². The van der Waals surface area contributed by atoms with E-state index in [-0.39, 0.29) is 12.3 Å². The Morgan fingerprint density at radius 1 is 1.28 bits per heavy atom. The molecule has 1 aliphatic rings. The van der Waals surface area contributed by atoms with Gasteiger partial charge >= 0.3 is 12.1 Å². The van der Waals surface area contributed by atoms with Crippen molar-refractivity contribution in [2.75, 3.05) is 0 Å². The first kappa shape index (κ1) is 21.9. The highest BCUT2D eigenvalue weighted by Gasteiger charge is 2.38. The number of carbonyl (C=O) groups excluding carboxylic acids is 3. The molecule has 1 saturated heterocycles. The van der Waals surface area contributed by atoms with Gasteiger partial charge in [-0.25, -0.2) is 4.79 Å². The van der Waals surface area contributed by atoms with Crippen LogP contribution in [0.2, 0.25) is 0 Å². The number of nitrogens with one attached hydrogen (secondary N) is 3. The minimum absolute atomic E-state index is 0.0373. The monoisotopic (exact) mass is 414 g/mol. The Balaban J connectivity index is 0.000000370. The molecule has 1 aliphatic heterocycles. The van der Waals surface area contributed by atoms with Crippen LogP contribution in [-0.4, -0.2) is 52.0 Å². The third-order valence-corrected chi connectivity index (χ3v) is 3.98. The molecule has 2 heterocycles. The summed E-state index contributed by atoms with van der Waals surface area (Å²) in [4.78, 5) is 46.6. The van der Waals surface area contributed by atoms with Crippen molar-refractivity contribution in [2.45, 2.75) is 31.1 Å². The minimum atomic E-state index is -5.08. The average Bonchev–Trinajstić information content (AvgIpc) is 3.17. The number of hydrogen-bond acceptors (Lipinski definition) is 5. The van der Waals surface area contributed by atoms with Gasteiger partial charge < -0.3 is 21.1 Å². The van der Waals surface area contributed by atoms with Crippen molar-refractivity contribution in [1.82, 2.24) is 15.6 Å². The summed E-state index contributed by atoms with van der Waals surface area (Å²) in [5.41, 5.74) is 7.83. The van der Waals surface area contributed by atoms with E-state index in [0.717, 1.165) is 16.5 Å². The lowest BCUT2D eigenvalue weighted by Gasteiger charge is -2.14. The molecule has 3 rings (SSSR count). The number of nitrogens with two attached hydrogens (primary N) is 1. The number of rotatable bonds is 4. The van der Waals surface area contributed by atoms with Crippen LogP contribution < -0.4 is 16.4 Å². The molecule has 2 aromatic rings. The number of hydrogen-bond donors (Lipinski definition) is 5. The van der Waals surface area contributed by atoms with Gasteiger partial charge in [-0.3, -0.25) is 19.7 Å². The highest BCUT2D eigenvalue weighted by Crippen LogP contribution is 2.19. The summed E-state index contributed by atoms with van der Waals surface area (Å²) >= 11 is 0. The predicted octanol–water partition coefficient (Wildman–Crippen LogP) is 0.202. The Morgan fingerprint density at radius 2 is 1.90 bits per heavy atom. The molecule has 1 unspecified atom stereocenters. The Bertz CT molecular complexity index is 941. The maximum atomic E-state index is 12.1. The van der Waals surface area contributed by atoms with Crippen LogP contribution in [0.25, 0.3) is 10.9 Å². The quantitative estimate of drug-likeness (QED) is 0.451. The summed E-state index contributed by atoms with van der Waals surface area (Å²) in [6, 6.07) is 6.12. The number of halogens is 3. The number of benzene rings is 1. The molecule has 1 fully saturated rings. The van der Waals surface area contributed by atoms with E-state index in [1.54, 1.807) is 0 Å². The van der Waals surface area contributed by atoms with Crippen molar-refractivity contribution in [2.24, 2.45) is 5.73 Å². The molecule has 9 nitrogen and oxygen atoms in total. The molecule has 156 valence electrons. The zero-order valence-corrected chi connectivity index (χ0v) is 14.7. The number of para-hydroxylation sites is 1. The van der Waals surface area contributed by atoms with Gasteiger partial charge in [0.1, 0.15) is 6.04 Å². The van der Waals surface area contributed by atoms with E-state index in [2.05, 4.69) is 15.6 Å². The first-order valence-electron chi connectivity index (χ1n) is 8.23. The van der Waals surface area contributed by atoms with Crippen molar-refractivity contribution in [3.05, 3.63) is 36.0 Å².